The molecule has 0 spiro atoms. The van der Waals surface area contributed by atoms with Crippen LogP contribution in [-0.4, -0.2) is 15.9 Å². The van der Waals surface area contributed by atoms with Crippen LogP contribution in [0.4, 0.5) is 0 Å². The van der Waals surface area contributed by atoms with Crippen LogP contribution in [0, 0.1) is 0 Å². The van der Waals surface area contributed by atoms with Crippen LogP contribution in [0.1, 0.15) is 9.67 Å². The maximum Gasteiger partial charge on any atom is 0.261 e. The van der Waals surface area contributed by atoms with Crippen molar-refractivity contribution in [2.45, 2.75) is 0 Å². The molecule has 0 radical (unpaired) electrons. The molecule has 5 nitrogen and oxygen atoms in total. The van der Waals surface area contributed by atoms with Gasteiger partial charge in [0.15, 0.2) is 5.01 Å². The molecule has 0 bridgehead atoms. The number of carbonyl (C=O) groups excluding carboxylic acids is 1. The number of nitrogens with zero attached hydrogens (tertiary/aromatic N) is 2. The quantitative estimate of drug-likeness (QED) is 0.793. The number of primary amides is 1. The first-order valence-corrected chi connectivity index (χ1v) is 6.33. The molecule has 2 N–H and O–H groups in total. The lowest BCUT2D eigenvalue weighted by molar-refractivity contribution is 0.100. The minimum Gasteiger partial charge on any atom is -0.443 e. The number of amides is 1. The number of oxazole rings is 1. The van der Waals surface area contributed by atoms with Crippen molar-refractivity contribution in [2.75, 3.05) is 0 Å². The first-order valence-electron chi connectivity index (χ1n) is 5.51. The minimum absolute atomic E-state index is 0.384. The largest absolute Gasteiger partial charge is 0.443 e. The maximum atomic E-state index is 11.5. The van der Waals surface area contributed by atoms with Crippen molar-refractivity contribution < 1.29 is 9.21 Å². The van der Waals surface area contributed by atoms with Gasteiger partial charge in [0.05, 0.1) is 11.9 Å². The molecule has 0 atom stereocenters. The zero-order valence-electron chi connectivity index (χ0n) is 9.74. The fraction of sp³-hybridized carbons (Fsp3) is 0. The summed E-state index contributed by atoms with van der Waals surface area (Å²) in [6.45, 7) is 0. The number of aromatic nitrogens is 2. The lowest BCUT2D eigenvalue weighted by Crippen LogP contribution is -2.10. The summed E-state index contributed by atoms with van der Waals surface area (Å²) in [5.41, 5.74) is 6.80. The van der Waals surface area contributed by atoms with Gasteiger partial charge in [-0.2, -0.15) is 0 Å². The zero-order valence-corrected chi connectivity index (χ0v) is 10.6. The smallest absolute Gasteiger partial charge is 0.261 e. The van der Waals surface area contributed by atoms with E-state index in [1.54, 1.807) is 0 Å². The molecule has 0 saturated carbocycles. The Morgan fingerprint density at radius 3 is 2.68 bits per heavy atom. The Balaban J connectivity index is 2.16. The topological polar surface area (TPSA) is 82.0 Å². The number of hydrogen-bond donors (Lipinski definition) is 1. The number of thiazole rings is 1. The first-order chi connectivity index (χ1) is 9.25. The average molecular weight is 271 g/mol. The van der Waals surface area contributed by atoms with Crippen LogP contribution < -0.4 is 5.73 Å². The van der Waals surface area contributed by atoms with E-state index in [1.807, 2.05) is 30.3 Å². The van der Waals surface area contributed by atoms with E-state index < -0.39 is 5.91 Å². The normalized spacial score (nSPS) is 10.5. The standard InChI is InChI=1S/C13H9N3O2S/c14-11(17)10-9(8-4-2-1-3-5-8)16-13(19-10)12-15-6-7-18-12/h1-7H,(H2,14,17). The fourth-order valence-corrected chi connectivity index (χ4v) is 2.58. The van der Waals surface area contributed by atoms with Gasteiger partial charge in [-0.05, 0) is 0 Å². The second-order valence-corrected chi connectivity index (χ2v) is 4.76. The van der Waals surface area contributed by atoms with Crippen LogP contribution in [-0.2, 0) is 0 Å². The predicted octanol–water partition coefficient (Wildman–Crippen LogP) is 2.56. The van der Waals surface area contributed by atoms with Crippen molar-refractivity contribution in [3.05, 3.63) is 47.7 Å². The van der Waals surface area contributed by atoms with E-state index in [1.165, 1.54) is 23.8 Å². The molecule has 0 unspecified atom stereocenters. The van der Waals surface area contributed by atoms with Gasteiger partial charge >= 0.3 is 0 Å². The molecule has 19 heavy (non-hydrogen) atoms. The summed E-state index contributed by atoms with van der Waals surface area (Å²) in [5.74, 6) is -0.121. The van der Waals surface area contributed by atoms with Crippen molar-refractivity contribution in [2.24, 2.45) is 5.73 Å². The summed E-state index contributed by atoms with van der Waals surface area (Å²) < 4.78 is 5.19. The Morgan fingerprint density at radius 2 is 2.05 bits per heavy atom. The Morgan fingerprint density at radius 1 is 1.26 bits per heavy atom. The molecule has 0 aliphatic carbocycles. The van der Waals surface area contributed by atoms with Crippen LogP contribution in [0.5, 0.6) is 0 Å². The number of benzene rings is 1. The van der Waals surface area contributed by atoms with E-state index in [0.29, 0.717) is 21.5 Å². The van der Waals surface area contributed by atoms with E-state index in [0.717, 1.165) is 5.56 Å². The summed E-state index contributed by atoms with van der Waals surface area (Å²) in [7, 11) is 0. The summed E-state index contributed by atoms with van der Waals surface area (Å²) in [4.78, 5) is 20.4. The number of carbonyl (C=O) groups is 1. The molecule has 0 aliphatic heterocycles. The van der Waals surface area contributed by atoms with Gasteiger partial charge in [0.1, 0.15) is 11.1 Å². The second kappa shape index (κ2) is 4.66. The molecule has 0 saturated heterocycles. The Labute approximate surface area is 112 Å². The lowest BCUT2D eigenvalue weighted by atomic mass is 10.1. The Kier molecular flexibility index (Phi) is 2.85. The molecular formula is C13H9N3O2S. The van der Waals surface area contributed by atoms with Gasteiger partial charge in [-0.15, -0.1) is 11.3 Å². The van der Waals surface area contributed by atoms with Gasteiger partial charge < -0.3 is 10.2 Å². The van der Waals surface area contributed by atoms with Crippen LogP contribution in [0.15, 0.2) is 47.2 Å². The van der Waals surface area contributed by atoms with E-state index in [9.17, 15) is 4.79 Å². The number of nitrogens with two attached hydrogens (primary N) is 1. The fourth-order valence-electron chi connectivity index (χ4n) is 1.70. The highest BCUT2D eigenvalue weighted by molar-refractivity contribution is 7.17. The number of rotatable bonds is 3. The zero-order chi connectivity index (χ0) is 13.2. The predicted molar refractivity (Wildman–Crippen MR) is 71.6 cm³/mol. The van der Waals surface area contributed by atoms with Gasteiger partial charge in [0, 0.05) is 5.56 Å². The SMILES string of the molecule is NC(=O)c1sc(-c2ncco2)nc1-c1ccccc1. The highest BCUT2D eigenvalue weighted by Crippen LogP contribution is 2.32. The Bertz CT molecular complexity index is 705. The summed E-state index contributed by atoms with van der Waals surface area (Å²) in [6.07, 6.45) is 2.99. The molecule has 2 aromatic heterocycles. The summed E-state index contributed by atoms with van der Waals surface area (Å²) in [5, 5.41) is 0.539. The number of hydrogen-bond acceptors (Lipinski definition) is 5. The molecule has 94 valence electrons. The van der Waals surface area contributed by atoms with E-state index in [4.69, 9.17) is 10.2 Å². The maximum absolute atomic E-state index is 11.5. The van der Waals surface area contributed by atoms with Crippen LogP contribution in [0.3, 0.4) is 0 Å². The third-order valence-electron chi connectivity index (χ3n) is 2.51. The van der Waals surface area contributed by atoms with E-state index in [2.05, 4.69) is 9.97 Å². The second-order valence-electron chi connectivity index (χ2n) is 3.76. The third kappa shape index (κ3) is 2.13. The first kappa shape index (κ1) is 11.6. The van der Waals surface area contributed by atoms with Crippen molar-refractivity contribution in [1.29, 1.82) is 0 Å². The van der Waals surface area contributed by atoms with Crippen molar-refractivity contribution in [1.82, 2.24) is 9.97 Å². The van der Waals surface area contributed by atoms with Gasteiger partial charge in [-0.1, -0.05) is 30.3 Å². The third-order valence-corrected chi connectivity index (χ3v) is 3.57. The molecule has 2 heterocycles. The molecule has 1 amide bonds. The Hall–Kier alpha value is -2.47. The lowest BCUT2D eigenvalue weighted by Gasteiger charge is -1.97. The highest BCUT2D eigenvalue weighted by atomic mass is 32.1. The minimum atomic E-state index is -0.505. The monoisotopic (exact) mass is 271 g/mol. The molecule has 0 aliphatic rings. The van der Waals surface area contributed by atoms with Crippen molar-refractivity contribution >= 4 is 17.2 Å². The summed E-state index contributed by atoms with van der Waals surface area (Å²) in [6, 6.07) is 9.41. The average Bonchev–Trinajstić information content (AvgIpc) is 3.08. The van der Waals surface area contributed by atoms with Crippen molar-refractivity contribution in [3.8, 4) is 22.2 Å². The van der Waals surface area contributed by atoms with Gasteiger partial charge in [-0.25, -0.2) is 9.97 Å². The molecule has 0 fully saturated rings. The molecule has 1 aromatic carbocycles. The highest BCUT2D eigenvalue weighted by Gasteiger charge is 2.19. The van der Waals surface area contributed by atoms with Gasteiger partial charge in [0.2, 0.25) is 0 Å². The van der Waals surface area contributed by atoms with Crippen LogP contribution in [0.2, 0.25) is 0 Å². The van der Waals surface area contributed by atoms with Gasteiger partial charge in [-0.3, -0.25) is 4.79 Å². The summed E-state index contributed by atoms with van der Waals surface area (Å²) >= 11 is 1.18. The van der Waals surface area contributed by atoms with Crippen LogP contribution >= 0.6 is 11.3 Å². The molecular weight excluding hydrogens is 262 g/mol. The molecule has 3 aromatic rings. The van der Waals surface area contributed by atoms with Crippen molar-refractivity contribution in [3.63, 3.8) is 0 Å². The van der Waals surface area contributed by atoms with Gasteiger partial charge in [0.25, 0.3) is 11.8 Å². The van der Waals surface area contributed by atoms with E-state index in [-0.39, 0.29) is 0 Å². The van der Waals surface area contributed by atoms with Crippen LogP contribution in [0.25, 0.3) is 22.2 Å². The van der Waals surface area contributed by atoms with E-state index >= 15 is 0 Å². The molecule has 3 rings (SSSR count). The molecule has 6 heteroatoms.